The second-order valence-electron chi connectivity index (χ2n) is 10.1. The Bertz CT molecular complexity index is 907. The molecule has 0 N–H and O–H groups in total. The number of rotatable bonds is 7. The molecule has 5 nitrogen and oxygen atoms in total. The number of hydrogen-bond donors (Lipinski definition) is 0. The van der Waals surface area contributed by atoms with E-state index in [9.17, 15) is 4.79 Å². The fourth-order valence-electron chi connectivity index (χ4n) is 5.79. The molecule has 2 aromatic carbocycles. The van der Waals surface area contributed by atoms with Gasteiger partial charge in [0.1, 0.15) is 5.75 Å². The van der Waals surface area contributed by atoms with E-state index in [1.165, 1.54) is 43.6 Å². The third-order valence-corrected chi connectivity index (χ3v) is 7.76. The largest absolute Gasteiger partial charge is 0.494 e. The Morgan fingerprint density at radius 3 is 2.24 bits per heavy atom. The van der Waals surface area contributed by atoms with Gasteiger partial charge in [-0.3, -0.25) is 4.79 Å². The Hall–Kier alpha value is -2.53. The van der Waals surface area contributed by atoms with E-state index in [0.717, 1.165) is 68.9 Å². The lowest BCUT2D eigenvalue weighted by Gasteiger charge is -2.36. The van der Waals surface area contributed by atoms with E-state index in [4.69, 9.17) is 4.74 Å². The summed E-state index contributed by atoms with van der Waals surface area (Å²) in [5.74, 6) is 2.89. The summed E-state index contributed by atoms with van der Waals surface area (Å²) in [6, 6.07) is 16.3. The van der Waals surface area contributed by atoms with Gasteiger partial charge in [-0.1, -0.05) is 24.1 Å². The molecule has 0 spiro atoms. The predicted octanol–water partition coefficient (Wildman–Crippen LogP) is 4.46. The zero-order valence-corrected chi connectivity index (χ0v) is 19.9. The van der Waals surface area contributed by atoms with Crippen LogP contribution in [0.4, 0.5) is 5.69 Å². The molecule has 5 heteroatoms. The zero-order chi connectivity index (χ0) is 22.6. The standard InChI is InChI=1S/C28H37N3O2/c1-22-6-10-26(11-7-22)30-15-17-31(18-16-30)28(32)23-8-12-27(13-9-23)33-19-3-14-29-20-24-4-2-5-25(24)21-29/h6-13,24-25H,2-5,14-21H2,1H3. The Balaban J connectivity index is 1.04. The molecule has 2 unspecified atom stereocenters. The maximum Gasteiger partial charge on any atom is 0.253 e. The van der Waals surface area contributed by atoms with Crippen molar-refractivity contribution in [1.29, 1.82) is 0 Å². The first-order chi connectivity index (χ1) is 16.2. The van der Waals surface area contributed by atoms with Crippen molar-refractivity contribution in [3.05, 3.63) is 59.7 Å². The number of amides is 1. The maximum atomic E-state index is 12.9. The molecule has 2 aromatic rings. The van der Waals surface area contributed by atoms with Crippen molar-refractivity contribution in [3.63, 3.8) is 0 Å². The lowest BCUT2D eigenvalue weighted by Crippen LogP contribution is -2.48. The number of fused-ring (bicyclic) bond motifs is 1. The quantitative estimate of drug-likeness (QED) is 0.587. The number of anilines is 1. The van der Waals surface area contributed by atoms with Crippen LogP contribution in [0.3, 0.4) is 0 Å². The van der Waals surface area contributed by atoms with Gasteiger partial charge in [0.25, 0.3) is 5.91 Å². The maximum absolute atomic E-state index is 12.9. The molecular formula is C28H37N3O2. The van der Waals surface area contributed by atoms with Crippen LogP contribution in [0.25, 0.3) is 0 Å². The Morgan fingerprint density at radius 1 is 0.909 bits per heavy atom. The topological polar surface area (TPSA) is 36.0 Å². The summed E-state index contributed by atoms with van der Waals surface area (Å²) in [6.07, 6.45) is 5.37. The summed E-state index contributed by atoms with van der Waals surface area (Å²) in [5, 5.41) is 0. The highest BCUT2D eigenvalue weighted by atomic mass is 16.5. The van der Waals surface area contributed by atoms with E-state index in [1.807, 2.05) is 29.2 Å². The van der Waals surface area contributed by atoms with Crippen molar-refractivity contribution < 1.29 is 9.53 Å². The van der Waals surface area contributed by atoms with Crippen LogP contribution >= 0.6 is 0 Å². The molecule has 2 saturated heterocycles. The molecule has 1 saturated carbocycles. The lowest BCUT2D eigenvalue weighted by molar-refractivity contribution is 0.0746. The van der Waals surface area contributed by atoms with Crippen LogP contribution in [0.15, 0.2) is 48.5 Å². The van der Waals surface area contributed by atoms with Gasteiger partial charge in [0.2, 0.25) is 0 Å². The van der Waals surface area contributed by atoms with E-state index in [2.05, 4.69) is 41.0 Å². The monoisotopic (exact) mass is 447 g/mol. The Kier molecular flexibility index (Phi) is 6.86. The van der Waals surface area contributed by atoms with Crippen molar-refractivity contribution in [3.8, 4) is 5.75 Å². The minimum atomic E-state index is 0.115. The van der Waals surface area contributed by atoms with Crippen LogP contribution in [0.5, 0.6) is 5.75 Å². The number of ether oxygens (including phenoxy) is 1. The van der Waals surface area contributed by atoms with Crippen LogP contribution in [-0.4, -0.2) is 68.1 Å². The Morgan fingerprint density at radius 2 is 1.58 bits per heavy atom. The van der Waals surface area contributed by atoms with Gasteiger partial charge < -0.3 is 19.4 Å². The summed E-state index contributed by atoms with van der Waals surface area (Å²) >= 11 is 0. The molecule has 33 heavy (non-hydrogen) atoms. The van der Waals surface area contributed by atoms with Gasteiger partial charge in [0.15, 0.2) is 0 Å². The average Bonchev–Trinajstić information content (AvgIpc) is 3.45. The first-order valence-electron chi connectivity index (χ1n) is 12.7. The molecule has 5 rings (SSSR count). The average molecular weight is 448 g/mol. The number of nitrogens with zero attached hydrogens (tertiary/aromatic N) is 3. The summed E-state index contributed by atoms with van der Waals surface area (Å²) < 4.78 is 5.95. The second-order valence-corrected chi connectivity index (χ2v) is 10.1. The molecule has 176 valence electrons. The SMILES string of the molecule is Cc1ccc(N2CCN(C(=O)c3ccc(OCCCN4CC5CCCC5C4)cc3)CC2)cc1. The molecular weight excluding hydrogens is 410 g/mol. The van der Waals surface area contributed by atoms with E-state index in [0.29, 0.717) is 0 Å². The van der Waals surface area contributed by atoms with Crippen LogP contribution in [-0.2, 0) is 0 Å². The number of piperazine rings is 1. The van der Waals surface area contributed by atoms with Gasteiger partial charge in [0.05, 0.1) is 6.61 Å². The second kappa shape index (κ2) is 10.2. The third kappa shape index (κ3) is 5.35. The number of carbonyl (C=O) groups excluding carboxylic acids is 1. The Labute approximate surface area is 198 Å². The highest BCUT2D eigenvalue weighted by molar-refractivity contribution is 5.94. The van der Waals surface area contributed by atoms with Crippen molar-refractivity contribution in [1.82, 2.24) is 9.80 Å². The van der Waals surface area contributed by atoms with Gasteiger partial charge in [-0.2, -0.15) is 0 Å². The number of benzene rings is 2. The van der Waals surface area contributed by atoms with E-state index in [1.54, 1.807) is 0 Å². The number of likely N-dealkylation sites (tertiary alicyclic amines) is 1. The first kappa shape index (κ1) is 22.3. The normalized spacial score (nSPS) is 23.1. The minimum absolute atomic E-state index is 0.115. The molecule has 2 aliphatic heterocycles. The van der Waals surface area contributed by atoms with Crippen molar-refractivity contribution in [2.45, 2.75) is 32.6 Å². The predicted molar refractivity (Wildman–Crippen MR) is 133 cm³/mol. The lowest BCUT2D eigenvalue weighted by atomic mass is 10.0. The van der Waals surface area contributed by atoms with Gasteiger partial charge in [0, 0.05) is 57.1 Å². The summed E-state index contributed by atoms with van der Waals surface area (Å²) in [5.41, 5.74) is 3.25. The van der Waals surface area contributed by atoms with E-state index in [-0.39, 0.29) is 5.91 Å². The highest BCUT2D eigenvalue weighted by Gasteiger charge is 2.35. The minimum Gasteiger partial charge on any atom is -0.494 e. The third-order valence-electron chi connectivity index (χ3n) is 7.76. The van der Waals surface area contributed by atoms with Crippen LogP contribution in [0.1, 0.15) is 41.6 Å². The highest BCUT2D eigenvalue weighted by Crippen LogP contribution is 2.37. The van der Waals surface area contributed by atoms with Gasteiger partial charge in [-0.15, -0.1) is 0 Å². The molecule has 0 bridgehead atoms. The first-order valence-corrected chi connectivity index (χ1v) is 12.7. The number of carbonyl (C=O) groups is 1. The fourth-order valence-corrected chi connectivity index (χ4v) is 5.79. The van der Waals surface area contributed by atoms with Crippen LogP contribution in [0.2, 0.25) is 0 Å². The fraction of sp³-hybridized carbons (Fsp3) is 0.536. The molecule has 1 amide bonds. The van der Waals surface area contributed by atoms with Crippen molar-refractivity contribution in [2.75, 3.05) is 57.3 Å². The zero-order valence-electron chi connectivity index (χ0n) is 19.9. The van der Waals surface area contributed by atoms with Gasteiger partial charge >= 0.3 is 0 Å². The summed E-state index contributed by atoms with van der Waals surface area (Å²) in [4.78, 5) is 19.9. The summed E-state index contributed by atoms with van der Waals surface area (Å²) in [6.45, 7) is 9.81. The van der Waals surface area contributed by atoms with Crippen molar-refractivity contribution in [2.24, 2.45) is 11.8 Å². The molecule has 2 atom stereocenters. The molecule has 2 heterocycles. The molecule has 0 radical (unpaired) electrons. The molecule has 3 aliphatic rings. The van der Waals surface area contributed by atoms with Crippen molar-refractivity contribution >= 4 is 11.6 Å². The van der Waals surface area contributed by atoms with Gasteiger partial charge in [-0.05, 0) is 74.4 Å². The van der Waals surface area contributed by atoms with Gasteiger partial charge in [-0.25, -0.2) is 0 Å². The van der Waals surface area contributed by atoms with Crippen LogP contribution in [0, 0.1) is 18.8 Å². The van der Waals surface area contributed by atoms with E-state index < -0.39 is 0 Å². The van der Waals surface area contributed by atoms with Crippen LogP contribution < -0.4 is 9.64 Å². The summed E-state index contributed by atoms with van der Waals surface area (Å²) in [7, 11) is 0. The number of hydrogen-bond acceptors (Lipinski definition) is 4. The molecule has 1 aliphatic carbocycles. The smallest absolute Gasteiger partial charge is 0.253 e. The number of aryl methyl sites for hydroxylation is 1. The molecule has 0 aromatic heterocycles. The molecule has 3 fully saturated rings. The van der Waals surface area contributed by atoms with E-state index >= 15 is 0 Å².